The molecule has 0 saturated heterocycles. The maximum absolute atomic E-state index is 10.9. The van der Waals surface area contributed by atoms with Crippen molar-refractivity contribution in [2.75, 3.05) is 11.9 Å². The van der Waals surface area contributed by atoms with Crippen LogP contribution in [0.4, 0.5) is 5.69 Å². The molecule has 110 valence electrons. The molecule has 1 heterocycles. The first-order chi connectivity index (χ1) is 10.1. The van der Waals surface area contributed by atoms with Crippen LogP contribution in [-0.2, 0) is 11.3 Å². The summed E-state index contributed by atoms with van der Waals surface area (Å²) >= 11 is 0. The third kappa shape index (κ3) is 4.98. The fraction of sp³-hybridized carbons (Fsp3) is 0.250. The Bertz CT molecular complexity index is 570. The van der Waals surface area contributed by atoms with E-state index in [9.17, 15) is 9.90 Å². The van der Waals surface area contributed by atoms with E-state index < -0.39 is 6.10 Å². The van der Waals surface area contributed by atoms with Crippen LogP contribution in [0.25, 0.3) is 0 Å². The largest absolute Gasteiger partial charge is 0.387 e. The van der Waals surface area contributed by atoms with Gasteiger partial charge in [-0.3, -0.25) is 9.78 Å². The van der Waals surface area contributed by atoms with Crippen LogP contribution < -0.4 is 10.6 Å². The number of nitrogens with one attached hydrogen (secondary N) is 2. The predicted octanol–water partition coefficient (Wildman–Crippen LogP) is 1.86. The zero-order valence-corrected chi connectivity index (χ0v) is 11.9. The summed E-state index contributed by atoms with van der Waals surface area (Å²) in [5.41, 5.74) is 2.61. The van der Waals surface area contributed by atoms with E-state index in [1.54, 1.807) is 24.5 Å². The van der Waals surface area contributed by atoms with E-state index in [2.05, 4.69) is 15.6 Å². The topological polar surface area (TPSA) is 74.2 Å². The van der Waals surface area contributed by atoms with Crippen LogP contribution in [-0.4, -0.2) is 22.5 Å². The molecule has 3 N–H and O–H groups in total. The predicted molar refractivity (Wildman–Crippen MR) is 81.6 cm³/mol. The smallest absolute Gasteiger partial charge is 0.221 e. The normalized spacial score (nSPS) is 11.9. The van der Waals surface area contributed by atoms with Gasteiger partial charge in [0.05, 0.1) is 6.10 Å². The number of nitrogens with zero attached hydrogens (tertiary/aromatic N) is 1. The summed E-state index contributed by atoms with van der Waals surface area (Å²) in [4.78, 5) is 15.0. The summed E-state index contributed by atoms with van der Waals surface area (Å²) in [5.74, 6) is -0.110. The van der Waals surface area contributed by atoms with Gasteiger partial charge in [-0.1, -0.05) is 18.2 Å². The Kier molecular flexibility index (Phi) is 5.43. The number of aliphatic hydroxyl groups excluding tert-OH is 1. The number of benzene rings is 1. The third-order valence-corrected chi connectivity index (χ3v) is 3.01. The Morgan fingerprint density at radius 2 is 2.05 bits per heavy atom. The number of aliphatic hydroxyl groups is 1. The van der Waals surface area contributed by atoms with Crippen LogP contribution in [0.5, 0.6) is 0 Å². The molecule has 1 unspecified atom stereocenters. The van der Waals surface area contributed by atoms with Gasteiger partial charge in [0.15, 0.2) is 0 Å². The second-order valence-electron chi connectivity index (χ2n) is 4.81. The van der Waals surface area contributed by atoms with E-state index in [0.717, 1.165) is 16.8 Å². The molecule has 2 rings (SSSR count). The molecule has 0 aliphatic rings. The zero-order valence-electron chi connectivity index (χ0n) is 11.9. The number of pyridine rings is 1. The highest BCUT2D eigenvalue weighted by Crippen LogP contribution is 2.16. The molecule has 5 heteroatoms. The number of carbonyl (C=O) groups excluding carboxylic acids is 1. The molecule has 0 spiro atoms. The average Bonchev–Trinajstić information content (AvgIpc) is 2.48. The molecule has 21 heavy (non-hydrogen) atoms. The molecule has 0 fully saturated rings. The van der Waals surface area contributed by atoms with E-state index in [1.165, 1.54) is 6.92 Å². The number of aromatic nitrogens is 1. The molecule has 1 aromatic heterocycles. The van der Waals surface area contributed by atoms with Gasteiger partial charge in [0.1, 0.15) is 0 Å². The minimum atomic E-state index is -0.590. The highest BCUT2D eigenvalue weighted by molar-refractivity contribution is 5.88. The van der Waals surface area contributed by atoms with Crippen LogP contribution in [0.2, 0.25) is 0 Å². The molecule has 2 aromatic rings. The van der Waals surface area contributed by atoms with Crippen molar-refractivity contribution in [2.24, 2.45) is 0 Å². The van der Waals surface area contributed by atoms with Crippen LogP contribution in [0.3, 0.4) is 0 Å². The van der Waals surface area contributed by atoms with Gasteiger partial charge in [0, 0.05) is 38.1 Å². The molecule has 0 radical (unpaired) electrons. The maximum atomic E-state index is 10.9. The van der Waals surface area contributed by atoms with Crippen LogP contribution in [0.15, 0.2) is 48.8 Å². The summed E-state index contributed by atoms with van der Waals surface area (Å²) < 4.78 is 0. The SMILES string of the molecule is CC(=O)Nc1ccc(C(O)CNCc2cccnc2)cc1. The van der Waals surface area contributed by atoms with Crippen molar-refractivity contribution in [3.63, 3.8) is 0 Å². The molecule has 1 aromatic carbocycles. The summed E-state index contributed by atoms with van der Waals surface area (Å²) in [6, 6.07) is 11.0. The van der Waals surface area contributed by atoms with Gasteiger partial charge in [-0.05, 0) is 29.3 Å². The molecule has 5 nitrogen and oxygen atoms in total. The minimum Gasteiger partial charge on any atom is -0.387 e. The van der Waals surface area contributed by atoms with Crippen molar-refractivity contribution in [3.8, 4) is 0 Å². The van der Waals surface area contributed by atoms with E-state index in [4.69, 9.17) is 0 Å². The number of amides is 1. The summed E-state index contributed by atoms with van der Waals surface area (Å²) in [6.45, 7) is 2.58. The van der Waals surface area contributed by atoms with Gasteiger partial charge in [-0.15, -0.1) is 0 Å². The van der Waals surface area contributed by atoms with Gasteiger partial charge < -0.3 is 15.7 Å². The van der Waals surface area contributed by atoms with Crippen LogP contribution in [0, 0.1) is 0 Å². The fourth-order valence-electron chi connectivity index (χ4n) is 1.97. The Morgan fingerprint density at radius 1 is 1.29 bits per heavy atom. The molecule has 0 aliphatic carbocycles. The van der Waals surface area contributed by atoms with Gasteiger partial charge >= 0.3 is 0 Å². The first-order valence-corrected chi connectivity index (χ1v) is 6.80. The lowest BCUT2D eigenvalue weighted by molar-refractivity contribution is -0.114. The monoisotopic (exact) mass is 285 g/mol. The number of rotatable bonds is 6. The maximum Gasteiger partial charge on any atom is 0.221 e. The molecule has 1 atom stereocenters. The molecule has 0 bridgehead atoms. The Morgan fingerprint density at radius 3 is 2.67 bits per heavy atom. The lowest BCUT2D eigenvalue weighted by Crippen LogP contribution is -2.21. The van der Waals surface area contributed by atoms with Gasteiger partial charge in [-0.25, -0.2) is 0 Å². The molecular formula is C16H19N3O2. The number of hydrogen-bond donors (Lipinski definition) is 3. The van der Waals surface area contributed by atoms with Crippen LogP contribution in [0.1, 0.15) is 24.2 Å². The van der Waals surface area contributed by atoms with Gasteiger partial charge in [-0.2, -0.15) is 0 Å². The highest BCUT2D eigenvalue weighted by atomic mass is 16.3. The van der Waals surface area contributed by atoms with E-state index in [0.29, 0.717) is 13.1 Å². The minimum absolute atomic E-state index is 0.110. The fourth-order valence-corrected chi connectivity index (χ4v) is 1.97. The summed E-state index contributed by atoms with van der Waals surface area (Å²) in [7, 11) is 0. The second kappa shape index (κ2) is 7.52. The third-order valence-electron chi connectivity index (χ3n) is 3.01. The number of hydrogen-bond acceptors (Lipinski definition) is 4. The van der Waals surface area contributed by atoms with E-state index in [1.807, 2.05) is 24.3 Å². The van der Waals surface area contributed by atoms with Gasteiger partial charge in [0.25, 0.3) is 0 Å². The van der Waals surface area contributed by atoms with Crippen molar-refractivity contribution in [1.82, 2.24) is 10.3 Å². The van der Waals surface area contributed by atoms with E-state index >= 15 is 0 Å². The average molecular weight is 285 g/mol. The van der Waals surface area contributed by atoms with Crippen molar-refractivity contribution < 1.29 is 9.90 Å². The standard InChI is InChI=1S/C16H19N3O2/c1-12(20)19-15-6-4-14(5-7-15)16(21)11-18-10-13-3-2-8-17-9-13/h2-9,16,18,21H,10-11H2,1H3,(H,19,20). The highest BCUT2D eigenvalue weighted by Gasteiger charge is 2.07. The molecule has 0 aliphatic heterocycles. The van der Waals surface area contributed by atoms with Gasteiger partial charge in [0.2, 0.25) is 5.91 Å². The van der Waals surface area contributed by atoms with Crippen molar-refractivity contribution in [1.29, 1.82) is 0 Å². The summed E-state index contributed by atoms with van der Waals surface area (Å²) in [5, 5.41) is 16.0. The molecular weight excluding hydrogens is 266 g/mol. The summed E-state index contributed by atoms with van der Waals surface area (Å²) in [6.07, 6.45) is 2.93. The Balaban J connectivity index is 1.82. The number of carbonyl (C=O) groups is 1. The second-order valence-corrected chi connectivity index (χ2v) is 4.81. The zero-order chi connectivity index (χ0) is 15.1. The lowest BCUT2D eigenvalue weighted by Gasteiger charge is -2.13. The van der Waals surface area contributed by atoms with Crippen molar-refractivity contribution in [2.45, 2.75) is 19.6 Å². The lowest BCUT2D eigenvalue weighted by atomic mass is 10.1. The first kappa shape index (κ1) is 15.2. The van der Waals surface area contributed by atoms with Crippen molar-refractivity contribution in [3.05, 3.63) is 59.9 Å². The quantitative estimate of drug-likeness (QED) is 0.757. The molecule has 0 saturated carbocycles. The van der Waals surface area contributed by atoms with Crippen LogP contribution >= 0.6 is 0 Å². The Hall–Kier alpha value is -2.24. The Labute approximate surface area is 124 Å². The van der Waals surface area contributed by atoms with Crippen molar-refractivity contribution >= 4 is 11.6 Å². The van der Waals surface area contributed by atoms with E-state index in [-0.39, 0.29) is 5.91 Å². The first-order valence-electron chi connectivity index (χ1n) is 6.80. The number of anilines is 1. The molecule has 1 amide bonds.